The number of Topliss-reactive ketones (excluding diaryl/α,β-unsaturated/α-hetero) is 1. The molecule has 3 aromatic carbocycles. The quantitative estimate of drug-likeness (QED) is 0.0154. The molecule has 44 heteroatoms. The van der Waals surface area contributed by atoms with Crippen molar-refractivity contribution in [2.45, 2.75) is 241 Å². The first kappa shape index (κ1) is 107. The van der Waals surface area contributed by atoms with Crippen LogP contribution in [0.2, 0.25) is 0 Å². The van der Waals surface area contributed by atoms with Gasteiger partial charge in [-0.2, -0.15) is 0 Å². The van der Waals surface area contributed by atoms with Gasteiger partial charge in [-0.05, 0) is 112 Å². The third-order valence-electron chi connectivity index (χ3n) is 24.3. The zero-order valence-corrected chi connectivity index (χ0v) is 78.2. The van der Waals surface area contributed by atoms with Gasteiger partial charge in [0.1, 0.15) is 78.3 Å². The Labute approximate surface area is 785 Å². The third kappa shape index (κ3) is 30.6. The van der Waals surface area contributed by atoms with Crippen LogP contribution >= 0.6 is 11.8 Å². The van der Waals surface area contributed by atoms with E-state index < -0.39 is 260 Å². The number of ketones is 1. The minimum Gasteiger partial charge on any atom is -0.508 e. The van der Waals surface area contributed by atoms with Crippen LogP contribution < -0.4 is 76.1 Å². The number of amides is 16. The summed E-state index contributed by atoms with van der Waals surface area (Å²) in [5.74, 6) is -20.7. The topological polar surface area (TPSA) is 664 Å². The number of carbonyl (C=O) groups is 18. The van der Waals surface area contributed by atoms with Gasteiger partial charge in [0, 0.05) is 125 Å². The fourth-order valence-corrected chi connectivity index (χ4v) is 17.7. The predicted molar refractivity (Wildman–Crippen MR) is 498 cm³/mol. The van der Waals surface area contributed by atoms with Crippen LogP contribution in [-0.2, 0) is 106 Å². The summed E-state index contributed by atoms with van der Waals surface area (Å²) < 4.78 is 0. The number of aromatic nitrogens is 2. The Morgan fingerprint density at radius 3 is 1.72 bits per heavy atom. The average molecular weight is 1900 g/mol. The first-order valence-electron chi connectivity index (χ1n) is 45.5. The minimum absolute atomic E-state index is 0.0237. The number of carboxylic acids is 1. The van der Waals surface area contributed by atoms with Gasteiger partial charge in [0.25, 0.3) is 0 Å². The highest BCUT2D eigenvalue weighted by molar-refractivity contribution is 8.00. The zero-order chi connectivity index (χ0) is 99.2. The number of carbonyl (C=O) groups excluding carboxylic acids is 17. The number of phenols is 1. The van der Waals surface area contributed by atoms with E-state index in [1.807, 2.05) is 13.8 Å². The molecule has 15 atom stereocenters. The number of phenolic OH excluding ortho intramolecular Hbond substituents is 1. The number of aromatic hydroxyl groups is 1. The number of benzene rings is 3. The van der Waals surface area contributed by atoms with Crippen LogP contribution in [0.4, 0.5) is 0 Å². The number of nitrogens with one attached hydrogen (secondary N) is 13. The molecule has 0 unspecified atom stereocenters. The number of carboxylic acid groups (broad SMARTS) is 1. The number of nitrogens with two attached hydrogens (primary N) is 4. The second-order valence-electron chi connectivity index (χ2n) is 35.0. The molecule has 5 aromatic rings. The highest BCUT2D eigenvalue weighted by atomic mass is 32.2. The SMILES string of the molecule is CCCC[C@H]1C(=O)N(C)[C@@H](CCCC)C(=O)N[C@@H](CCCNC(=N)N)C(=O)N[C@H](C(=O)NCC(N)=O)CSCC(=O)N[C@@H](Cc2ccc(O)cc2)C(=O)N(C)[C@@H](C)C(=O)N[C@@H](CC(N)=O)C(=O)N2CCC[C@H]2C(=O)N[C@@H](CN)C(=O)N[C@@H](CC(C)C)C(=O)N2C[C@H](O)C[C@H]2C(=O)C[C@@H](Cc2c[nH]c3ccccc23)C(=O)N[C@@H](CCC(=O)O)C(=O)N[C@@H](Cc2c[nH]c3ccccc23)C(=O)N1C. The number of aliphatic carboxylic acids is 1. The summed E-state index contributed by atoms with van der Waals surface area (Å²) in [6.07, 6.45) is -0.760. The number of fused-ring (bicyclic) bond motifs is 4. The second-order valence-corrected chi connectivity index (χ2v) is 36.0. The number of aliphatic hydroxyl groups excluding tert-OH is 1. The fraction of sp³-hybridized carbons (Fsp3) is 0.549. The number of thioether (sulfide) groups is 1. The van der Waals surface area contributed by atoms with Crippen molar-refractivity contribution in [2.24, 2.45) is 34.8 Å². The molecule has 3 aliphatic rings. The molecule has 5 heterocycles. The lowest BCUT2D eigenvalue weighted by molar-refractivity contribution is -0.149. The highest BCUT2D eigenvalue weighted by Gasteiger charge is 2.47. The van der Waals surface area contributed by atoms with Gasteiger partial charge in [-0.15, -0.1) is 11.8 Å². The van der Waals surface area contributed by atoms with E-state index in [0.717, 1.165) is 36.3 Å². The van der Waals surface area contributed by atoms with Crippen LogP contribution in [0.25, 0.3) is 21.8 Å². The number of primary amides is 2. The van der Waals surface area contributed by atoms with Gasteiger partial charge in [-0.25, -0.2) is 0 Å². The molecule has 16 amide bonds. The van der Waals surface area contributed by atoms with Gasteiger partial charge in [0.05, 0.1) is 30.9 Å². The Balaban J connectivity index is 1.21. The van der Waals surface area contributed by atoms with E-state index in [0.29, 0.717) is 64.2 Å². The molecule has 3 saturated heterocycles. The number of rotatable bonds is 27. The molecule has 3 fully saturated rings. The molecular formula is C91H130N22O21S. The van der Waals surface area contributed by atoms with E-state index in [-0.39, 0.29) is 95.4 Å². The molecule has 0 radical (unpaired) electrons. The first-order valence-corrected chi connectivity index (χ1v) is 46.6. The number of H-pyrrole nitrogens is 2. The lowest BCUT2D eigenvalue weighted by Gasteiger charge is -2.36. The number of aliphatic hydroxyl groups is 1. The van der Waals surface area contributed by atoms with Gasteiger partial charge >= 0.3 is 5.97 Å². The van der Waals surface area contributed by atoms with Crippen molar-refractivity contribution < 1.29 is 102 Å². The maximum Gasteiger partial charge on any atom is 0.303 e. The van der Waals surface area contributed by atoms with Crippen LogP contribution in [0.3, 0.4) is 0 Å². The molecule has 135 heavy (non-hydrogen) atoms. The van der Waals surface area contributed by atoms with Crippen molar-refractivity contribution in [1.82, 2.24) is 87.6 Å². The van der Waals surface area contributed by atoms with Crippen molar-refractivity contribution in [3.63, 3.8) is 0 Å². The highest BCUT2D eigenvalue weighted by Crippen LogP contribution is 2.30. The van der Waals surface area contributed by atoms with E-state index in [1.165, 1.54) is 52.3 Å². The number of unbranched alkanes of at least 4 members (excludes halogenated alkanes) is 2. The van der Waals surface area contributed by atoms with E-state index in [4.69, 9.17) is 28.3 Å². The lowest BCUT2D eigenvalue weighted by Crippen LogP contribution is -2.61. The van der Waals surface area contributed by atoms with Crippen LogP contribution in [0, 0.1) is 17.2 Å². The number of guanidine groups is 1. The number of likely N-dealkylation sites (N-methyl/N-ethyl adjacent to an activating group) is 3. The van der Waals surface area contributed by atoms with Gasteiger partial charge in [0.15, 0.2) is 11.7 Å². The smallest absolute Gasteiger partial charge is 0.303 e. The molecule has 0 spiro atoms. The monoisotopic (exact) mass is 1900 g/mol. The van der Waals surface area contributed by atoms with Gasteiger partial charge in [0.2, 0.25) is 94.5 Å². The van der Waals surface area contributed by atoms with Crippen LogP contribution in [0.1, 0.15) is 154 Å². The molecule has 2 aromatic heterocycles. The van der Waals surface area contributed by atoms with Crippen molar-refractivity contribution in [3.8, 4) is 5.75 Å². The van der Waals surface area contributed by atoms with Gasteiger partial charge < -0.3 is 126 Å². The van der Waals surface area contributed by atoms with Crippen molar-refractivity contribution in [1.29, 1.82) is 5.41 Å². The summed E-state index contributed by atoms with van der Waals surface area (Å²) in [7, 11) is 3.87. The Hall–Kier alpha value is -13.3. The maximum atomic E-state index is 15.9. The van der Waals surface area contributed by atoms with Gasteiger partial charge in [-0.3, -0.25) is 91.7 Å². The van der Waals surface area contributed by atoms with E-state index in [1.54, 1.807) is 74.8 Å². The number of hydrogen-bond donors (Lipinski definition) is 20. The predicted octanol–water partition coefficient (Wildman–Crippen LogP) is -1.97. The molecule has 0 aliphatic carbocycles. The van der Waals surface area contributed by atoms with E-state index in [9.17, 15) is 68.1 Å². The second kappa shape index (κ2) is 51.3. The molecule has 43 nitrogen and oxygen atoms in total. The summed E-state index contributed by atoms with van der Waals surface area (Å²) in [5.41, 5.74) is 25.6. The standard InChI is InChI=1S/C91H130N22O21S/c1-9-11-24-69-84(128)103-61(23-17-33-97-91(95)96)81(125)108-68(80(124)100-45-75(94)118)47-135-48-76(119)101-64(36-51-27-29-55(114)30-28-51)86(130)109(6)50(5)78(122)104-66(41-74(93)117)88(132)112-34-18-26-70(112)85(129)107-67(42-92)83(127)105-63(35-49(3)4)89(133)113-46-56(115)40-72(113)73(116)39-52(37-53-43-98-59-21-15-13-19-57(53)59)79(123)102-62(31-32-77(120)121)82(126)106-65(38-54-44-99-60-22-16-14-20-58(54)60)87(131)111(8)71(25-12-10-2)90(134)110(69)7/h13-16,19-22,27-30,43-44,49-50,52,56,61-72,98-99,114-115H,9-12,17-18,23-26,31-42,45-48,92H2,1-8H3,(H2,93,117)(H2,94,118)(H,100,124)(H,101,119)(H,102,123)(H,103,128)(H,104,122)(H,105,127)(H,106,126)(H,107,129)(H,108,125)(H,120,121)(H4,95,96,97)/t50-,52+,56+,61-,62-,63-,64-,65-,66-,67-,68-,69-,70-,71-,72-/m0/s1. The van der Waals surface area contributed by atoms with Crippen molar-refractivity contribution in [2.75, 3.05) is 65.4 Å². The molecule has 8 rings (SSSR count). The molecule has 736 valence electrons. The third-order valence-corrected chi connectivity index (χ3v) is 25.4. The van der Waals surface area contributed by atoms with E-state index in [2.05, 4.69) is 63.1 Å². The first-order chi connectivity index (χ1) is 64.1. The Bertz CT molecular complexity index is 5090. The van der Waals surface area contributed by atoms with Crippen LogP contribution in [0.15, 0.2) is 85.2 Å². The number of para-hydroxylation sites is 2. The minimum atomic E-state index is -1.78. The Morgan fingerprint density at radius 1 is 0.563 bits per heavy atom. The van der Waals surface area contributed by atoms with E-state index >= 15 is 33.6 Å². The van der Waals surface area contributed by atoms with Crippen LogP contribution in [-0.4, -0.2) is 312 Å². The van der Waals surface area contributed by atoms with Gasteiger partial charge in [-0.1, -0.05) is 102 Å². The largest absolute Gasteiger partial charge is 0.508 e. The zero-order valence-electron chi connectivity index (χ0n) is 77.3. The summed E-state index contributed by atoms with van der Waals surface area (Å²) in [6, 6.07) is -0.596. The number of aromatic amines is 2. The van der Waals surface area contributed by atoms with Crippen molar-refractivity contribution in [3.05, 3.63) is 102 Å². The summed E-state index contributed by atoms with van der Waals surface area (Å²) in [4.78, 5) is 274. The molecule has 3 aliphatic heterocycles. The summed E-state index contributed by atoms with van der Waals surface area (Å²) in [6.45, 7) is 6.47. The fourth-order valence-electron chi connectivity index (χ4n) is 16.8. The average Bonchev–Trinajstić information content (AvgIpc) is 1.71. The summed E-state index contributed by atoms with van der Waals surface area (Å²) >= 11 is 0.753. The molecule has 24 N–H and O–H groups in total. The number of nitrogens with zero attached hydrogens (tertiary/aromatic N) is 5. The summed E-state index contributed by atoms with van der Waals surface area (Å²) in [5, 5.41) is 67.2. The normalized spacial score (nSPS) is 24.8. The Morgan fingerprint density at radius 2 is 1.11 bits per heavy atom. The maximum absolute atomic E-state index is 15.9. The molecule has 0 saturated carbocycles. The number of hydrogen-bond acceptors (Lipinski definition) is 23. The molecule has 0 bridgehead atoms. The van der Waals surface area contributed by atoms with Crippen molar-refractivity contribution >= 4 is 146 Å². The van der Waals surface area contributed by atoms with Crippen LogP contribution in [0.5, 0.6) is 5.75 Å². The Kier molecular flexibility index (Phi) is 40.7. The lowest BCUT2D eigenvalue weighted by atomic mass is 9.89. The molecular weight excluding hydrogens is 1770 g/mol.